The molecule has 0 aliphatic heterocycles. The Bertz CT molecular complexity index is 914. The van der Waals surface area contributed by atoms with Gasteiger partial charge in [0.25, 0.3) is 0 Å². The zero-order chi connectivity index (χ0) is 18.9. The molecule has 1 atom stereocenters. The first-order valence-electron chi connectivity index (χ1n) is 8.45. The lowest BCUT2D eigenvalue weighted by atomic mass is 10.1. The standard InChI is InChI=1S/C19H22FNO4S/c1-13-18(10-9-17(25-2)19(13)20)26(23,24)21(11-12-22)16-8-7-14-5-3-4-6-15(14)16/h3-6,9-10,16,22H,7-8,11-12H2,1-2H3. The van der Waals surface area contributed by atoms with Crippen LogP contribution in [0.5, 0.6) is 5.75 Å². The van der Waals surface area contributed by atoms with Gasteiger partial charge in [-0.25, -0.2) is 12.8 Å². The number of nitrogens with zero attached hydrogens (tertiary/aromatic N) is 1. The smallest absolute Gasteiger partial charge is 0.244 e. The first-order valence-corrected chi connectivity index (χ1v) is 9.89. The van der Waals surface area contributed by atoms with Gasteiger partial charge in [0, 0.05) is 12.1 Å². The Morgan fingerprint density at radius 2 is 2.00 bits per heavy atom. The average molecular weight is 379 g/mol. The highest BCUT2D eigenvalue weighted by atomic mass is 32.2. The lowest BCUT2D eigenvalue weighted by Gasteiger charge is -2.29. The highest BCUT2D eigenvalue weighted by Crippen LogP contribution is 2.39. The molecule has 0 bridgehead atoms. The van der Waals surface area contributed by atoms with Crippen molar-refractivity contribution in [3.8, 4) is 5.75 Å². The number of aryl methyl sites for hydroxylation is 1. The quantitative estimate of drug-likeness (QED) is 0.838. The van der Waals surface area contributed by atoms with Crippen LogP contribution in [0.1, 0.15) is 29.2 Å². The van der Waals surface area contributed by atoms with Crippen molar-refractivity contribution in [2.45, 2.75) is 30.7 Å². The van der Waals surface area contributed by atoms with Gasteiger partial charge in [-0.1, -0.05) is 24.3 Å². The van der Waals surface area contributed by atoms with Crippen molar-refractivity contribution in [1.29, 1.82) is 0 Å². The van der Waals surface area contributed by atoms with Crippen molar-refractivity contribution in [2.75, 3.05) is 20.3 Å². The minimum atomic E-state index is -3.99. The highest BCUT2D eigenvalue weighted by molar-refractivity contribution is 7.89. The van der Waals surface area contributed by atoms with E-state index in [0.29, 0.717) is 6.42 Å². The van der Waals surface area contributed by atoms with Crippen LogP contribution in [0.2, 0.25) is 0 Å². The molecule has 1 N–H and O–H groups in total. The first-order chi connectivity index (χ1) is 12.4. The van der Waals surface area contributed by atoms with Gasteiger partial charge >= 0.3 is 0 Å². The molecule has 5 nitrogen and oxygen atoms in total. The fraction of sp³-hybridized carbons (Fsp3) is 0.368. The topological polar surface area (TPSA) is 66.8 Å². The minimum Gasteiger partial charge on any atom is -0.494 e. The molecule has 0 amide bonds. The molecule has 26 heavy (non-hydrogen) atoms. The van der Waals surface area contributed by atoms with Crippen molar-refractivity contribution in [3.05, 3.63) is 58.9 Å². The van der Waals surface area contributed by atoms with Gasteiger partial charge in [0.2, 0.25) is 10.0 Å². The SMILES string of the molecule is COc1ccc(S(=O)(=O)N(CCO)C2CCc3ccccc32)c(C)c1F. The van der Waals surface area contributed by atoms with Gasteiger partial charge in [-0.15, -0.1) is 0 Å². The number of sulfonamides is 1. The molecular formula is C19H22FNO4S. The van der Waals surface area contributed by atoms with E-state index in [4.69, 9.17) is 4.74 Å². The fourth-order valence-corrected chi connectivity index (χ4v) is 5.43. The summed E-state index contributed by atoms with van der Waals surface area (Å²) in [5.74, 6) is -0.689. The molecule has 0 aromatic heterocycles. The van der Waals surface area contributed by atoms with Crippen LogP contribution in [-0.4, -0.2) is 38.1 Å². The molecule has 0 saturated heterocycles. The molecular weight excluding hydrogens is 357 g/mol. The van der Waals surface area contributed by atoms with Crippen molar-refractivity contribution >= 4 is 10.0 Å². The maximum atomic E-state index is 14.4. The molecule has 0 spiro atoms. The van der Waals surface area contributed by atoms with E-state index in [0.717, 1.165) is 17.5 Å². The molecule has 0 saturated carbocycles. The zero-order valence-electron chi connectivity index (χ0n) is 14.8. The molecule has 1 aliphatic rings. The van der Waals surface area contributed by atoms with Crippen molar-refractivity contribution < 1.29 is 22.7 Å². The van der Waals surface area contributed by atoms with Crippen LogP contribution in [0, 0.1) is 12.7 Å². The third kappa shape index (κ3) is 3.11. The second-order valence-corrected chi connectivity index (χ2v) is 8.16. The fourth-order valence-electron chi connectivity index (χ4n) is 3.58. The second-order valence-electron chi connectivity index (χ2n) is 6.30. The molecule has 1 aliphatic carbocycles. The Kier molecular flexibility index (Phi) is 5.32. The Hall–Kier alpha value is -1.96. The van der Waals surface area contributed by atoms with Gasteiger partial charge in [0.05, 0.1) is 24.7 Å². The summed E-state index contributed by atoms with van der Waals surface area (Å²) >= 11 is 0. The molecule has 2 aromatic carbocycles. The third-order valence-corrected chi connectivity index (χ3v) is 6.93. The summed E-state index contributed by atoms with van der Waals surface area (Å²) in [6.45, 7) is 1.06. The van der Waals surface area contributed by atoms with E-state index in [1.54, 1.807) is 0 Å². The molecule has 2 aromatic rings. The van der Waals surface area contributed by atoms with Crippen LogP contribution in [0.3, 0.4) is 0 Å². The lowest BCUT2D eigenvalue weighted by Crippen LogP contribution is -2.36. The molecule has 1 unspecified atom stereocenters. The van der Waals surface area contributed by atoms with Gasteiger partial charge in [-0.3, -0.25) is 0 Å². The lowest BCUT2D eigenvalue weighted by molar-refractivity contribution is 0.225. The van der Waals surface area contributed by atoms with E-state index in [2.05, 4.69) is 0 Å². The number of aliphatic hydroxyl groups excluding tert-OH is 1. The predicted octanol–water partition coefficient (Wildman–Crippen LogP) is 2.81. The van der Waals surface area contributed by atoms with Gasteiger partial charge in [-0.2, -0.15) is 4.31 Å². The van der Waals surface area contributed by atoms with Crippen LogP contribution in [0.4, 0.5) is 4.39 Å². The summed E-state index contributed by atoms with van der Waals surface area (Å²) in [5, 5.41) is 9.46. The second kappa shape index (κ2) is 7.34. The Morgan fingerprint density at radius 3 is 2.69 bits per heavy atom. The average Bonchev–Trinajstić information content (AvgIpc) is 3.05. The van der Waals surface area contributed by atoms with E-state index >= 15 is 0 Å². The van der Waals surface area contributed by atoms with E-state index < -0.39 is 15.8 Å². The largest absolute Gasteiger partial charge is 0.494 e. The number of halogens is 1. The number of rotatable bonds is 6. The van der Waals surface area contributed by atoms with Crippen LogP contribution < -0.4 is 4.74 Å². The molecule has 3 rings (SSSR count). The minimum absolute atomic E-state index is 0.00127. The number of aliphatic hydroxyl groups is 1. The van der Waals surface area contributed by atoms with E-state index in [-0.39, 0.29) is 35.4 Å². The number of ether oxygens (including phenoxy) is 1. The zero-order valence-corrected chi connectivity index (χ0v) is 15.6. The number of hydrogen-bond donors (Lipinski definition) is 1. The van der Waals surface area contributed by atoms with Gasteiger partial charge in [0.1, 0.15) is 0 Å². The van der Waals surface area contributed by atoms with Gasteiger partial charge < -0.3 is 9.84 Å². The van der Waals surface area contributed by atoms with E-state index in [1.165, 1.54) is 30.5 Å². The Morgan fingerprint density at radius 1 is 1.27 bits per heavy atom. The van der Waals surface area contributed by atoms with Crippen LogP contribution >= 0.6 is 0 Å². The monoisotopic (exact) mass is 379 g/mol. The summed E-state index contributed by atoms with van der Waals surface area (Å²) in [7, 11) is -2.66. The molecule has 0 radical (unpaired) electrons. The third-order valence-electron chi connectivity index (χ3n) is 4.88. The van der Waals surface area contributed by atoms with Crippen molar-refractivity contribution in [1.82, 2.24) is 4.31 Å². The number of methoxy groups -OCH3 is 1. The summed E-state index contributed by atoms with van der Waals surface area (Å²) in [6.07, 6.45) is 1.41. The van der Waals surface area contributed by atoms with Crippen LogP contribution in [0.15, 0.2) is 41.3 Å². The maximum absolute atomic E-state index is 14.4. The molecule has 140 valence electrons. The number of benzene rings is 2. The highest BCUT2D eigenvalue weighted by Gasteiger charge is 2.37. The summed E-state index contributed by atoms with van der Waals surface area (Å²) in [6, 6.07) is 10.0. The molecule has 0 heterocycles. The summed E-state index contributed by atoms with van der Waals surface area (Å²) in [5.41, 5.74) is 2.06. The van der Waals surface area contributed by atoms with Gasteiger partial charge in [-0.05, 0) is 43.0 Å². The predicted molar refractivity (Wildman–Crippen MR) is 96.2 cm³/mol. The van der Waals surface area contributed by atoms with Crippen molar-refractivity contribution in [2.24, 2.45) is 0 Å². The van der Waals surface area contributed by atoms with Crippen LogP contribution in [0.25, 0.3) is 0 Å². The Labute approximate surface area is 153 Å². The van der Waals surface area contributed by atoms with Crippen molar-refractivity contribution in [3.63, 3.8) is 0 Å². The van der Waals surface area contributed by atoms with E-state index in [1.807, 2.05) is 24.3 Å². The van der Waals surface area contributed by atoms with Gasteiger partial charge in [0.15, 0.2) is 11.6 Å². The Balaban J connectivity index is 2.07. The first kappa shape index (κ1) is 18.8. The summed E-state index contributed by atoms with van der Waals surface area (Å²) < 4.78 is 47.2. The van der Waals surface area contributed by atoms with Crippen LogP contribution in [-0.2, 0) is 16.4 Å². The molecule has 0 fully saturated rings. The van der Waals surface area contributed by atoms with E-state index in [9.17, 15) is 17.9 Å². The summed E-state index contributed by atoms with van der Waals surface area (Å²) in [4.78, 5) is -0.103. The molecule has 7 heteroatoms. The number of hydrogen-bond acceptors (Lipinski definition) is 4. The number of fused-ring (bicyclic) bond motifs is 1. The normalized spacial score (nSPS) is 16.7. The maximum Gasteiger partial charge on any atom is 0.244 e.